The molecule has 0 aliphatic heterocycles. The fourth-order valence-electron chi connectivity index (χ4n) is 2.71. The summed E-state index contributed by atoms with van der Waals surface area (Å²) in [7, 11) is 1.34. The second-order valence-corrected chi connectivity index (χ2v) is 7.86. The zero-order valence-electron chi connectivity index (χ0n) is 14.4. The molecule has 0 aromatic carbocycles. The van der Waals surface area contributed by atoms with Gasteiger partial charge in [0.25, 0.3) is 5.56 Å². The van der Waals surface area contributed by atoms with Gasteiger partial charge in [-0.25, -0.2) is 4.79 Å². The molecule has 0 saturated heterocycles. The maximum absolute atomic E-state index is 12.3. The Labute approximate surface area is 157 Å². The molecular formula is C16H18N4O4S2. The Morgan fingerprint density at radius 3 is 2.81 bits per heavy atom. The van der Waals surface area contributed by atoms with E-state index in [0.717, 1.165) is 47.9 Å². The quantitative estimate of drug-likeness (QED) is 0.588. The summed E-state index contributed by atoms with van der Waals surface area (Å²) in [5.41, 5.74) is 1.39. The van der Waals surface area contributed by atoms with Crippen LogP contribution in [0.5, 0.6) is 0 Å². The second-order valence-electron chi connectivity index (χ2n) is 5.79. The van der Waals surface area contributed by atoms with E-state index < -0.39 is 5.97 Å². The molecule has 0 radical (unpaired) electrons. The van der Waals surface area contributed by atoms with Gasteiger partial charge in [0.2, 0.25) is 5.91 Å². The van der Waals surface area contributed by atoms with Crippen molar-refractivity contribution in [3.63, 3.8) is 0 Å². The Hall–Kier alpha value is -2.20. The molecule has 3 rings (SSSR count). The molecule has 2 aromatic heterocycles. The Bertz CT molecular complexity index is 906. The van der Waals surface area contributed by atoms with Crippen molar-refractivity contribution in [2.75, 3.05) is 18.2 Å². The lowest BCUT2D eigenvalue weighted by Gasteiger charge is -2.11. The number of fused-ring (bicyclic) bond motifs is 1. The van der Waals surface area contributed by atoms with Crippen molar-refractivity contribution in [3.05, 3.63) is 32.1 Å². The van der Waals surface area contributed by atoms with Crippen LogP contribution in [-0.2, 0) is 22.4 Å². The van der Waals surface area contributed by atoms with Crippen molar-refractivity contribution < 1.29 is 14.3 Å². The average molecular weight is 394 g/mol. The standard InChI is InChI=1S/C16H18N4O4S2/c1-8-13(22)18-16(20-19-8)25-7-11(21)17-14-12(15(23)24-2)9-5-3-4-6-10(9)26-14/h3-7H2,1-2H3,(H,17,21)(H,18,20,22). The van der Waals surface area contributed by atoms with Gasteiger partial charge in [-0.2, -0.15) is 0 Å². The number of carbonyl (C=O) groups is 2. The van der Waals surface area contributed by atoms with Gasteiger partial charge < -0.3 is 10.1 Å². The Morgan fingerprint density at radius 2 is 2.08 bits per heavy atom. The lowest BCUT2D eigenvalue weighted by atomic mass is 9.95. The first-order valence-electron chi connectivity index (χ1n) is 8.08. The van der Waals surface area contributed by atoms with Crippen molar-refractivity contribution in [2.45, 2.75) is 37.8 Å². The zero-order chi connectivity index (χ0) is 18.7. The highest BCUT2D eigenvalue weighted by atomic mass is 32.2. The third kappa shape index (κ3) is 3.96. The molecular weight excluding hydrogens is 376 g/mol. The fourth-order valence-corrected chi connectivity index (χ4v) is 4.61. The molecule has 10 heteroatoms. The van der Waals surface area contributed by atoms with Crippen molar-refractivity contribution in [2.24, 2.45) is 0 Å². The van der Waals surface area contributed by atoms with Crippen LogP contribution in [0, 0.1) is 6.92 Å². The van der Waals surface area contributed by atoms with E-state index in [1.54, 1.807) is 6.92 Å². The Balaban J connectivity index is 1.72. The summed E-state index contributed by atoms with van der Waals surface area (Å²) in [5, 5.41) is 11.2. The molecule has 2 aromatic rings. The van der Waals surface area contributed by atoms with Crippen LogP contribution in [0.3, 0.4) is 0 Å². The number of H-pyrrole nitrogens is 1. The first-order valence-corrected chi connectivity index (χ1v) is 9.89. The van der Waals surface area contributed by atoms with Crippen molar-refractivity contribution >= 4 is 40.0 Å². The van der Waals surface area contributed by atoms with Crippen LogP contribution in [0.2, 0.25) is 0 Å². The molecule has 0 bridgehead atoms. The first-order chi connectivity index (χ1) is 12.5. The van der Waals surface area contributed by atoms with Crippen LogP contribution in [0.15, 0.2) is 9.95 Å². The molecule has 1 aliphatic rings. The van der Waals surface area contributed by atoms with Crippen molar-refractivity contribution in [1.29, 1.82) is 0 Å². The maximum Gasteiger partial charge on any atom is 0.341 e. The highest BCUT2D eigenvalue weighted by Crippen LogP contribution is 2.38. The number of rotatable bonds is 5. The van der Waals surface area contributed by atoms with Gasteiger partial charge in [-0.3, -0.25) is 14.6 Å². The maximum atomic E-state index is 12.3. The van der Waals surface area contributed by atoms with Gasteiger partial charge in [0.1, 0.15) is 10.7 Å². The topological polar surface area (TPSA) is 114 Å². The number of thioether (sulfide) groups is 1. The smallest absolute Gasteiger partial charge is 0.341 e. The number of ether oxygens (including phenoxy) is 1. The van der Waals surface area contributed by atoms with Crippen LogP contribution >= 0.6 is 23.1 Å². The molecule has 1 amide bonds. The Morgan fingerprint density at radius 1 is 1.31 bits per heavy atom. The average Bonchev–Trinajstić information content (AvgIpc) is 2.99. The molecule has 8 nitrogen and oxygen atoms in total. The normalized spacial score (nSPS) is 13.2. The zero-order valence-corrected chi connectivity index (χ0v) is 16.0. The summed E-state index contributed by atoms with van der Waals surface area (Å²) in [4.78, 5) is 39.7. The molecule has 138 valence electrons. The third-order valence-corrected chi connectivity index (χ3v) is 6.06. The second kappa shape index (κ2) is 8.00. The summed E-state index contributed by atoms with van der Waals surface area (Å²) < 4.78 is 4.89. The predicted octanol–water partition coefficient (Wildman–Crippen LogP) is 1.93. The molecule has 0 saturated carbocycles. The van der Waals surface area contributed by atoms with Gasteiger partial charge >= 0.3 is 5.97 Å². The van der Waals surface area contributed by atoms with Crippen LogP contribution in [0.4, 0.5) is 5.00 Å². The van der Waals surface area contributed by atoms with E-state index in [2.05, 4.69) is 20.5 Å². The molecule has 0 unspecified atom stereocenters. The summed E-state index contributed by atoms with van der Waals surface area (Å²) in [6.45, 7) is 1.56. The number of nitrogens with one attached hydrogen (secondary N) is 2. The summed E-state index contributed by atoms with van der Waals surface area (Å²) >= 11 is 2.50. The van der Waals surface area contributed by atoms with E-state index in [0.29, 0.717) is 10.6 Å². The Kier molecular flexibility index (Phi) is 5.72. The minimum atomic E-state index is -0.430. The van der Waals surface area contributed by atoms with Crippen LogP contribution in [0.25, 0.3) is 0 Å². The lowest BCUT2D eigenvalue weighted by Crippen LogP contribution is -2.18. The number of amides is 1. The van der Waals surface area contributed by atoms with Gasteiger partial charge in [-0.15, -0.1) is 21.5 Å². The third-order valence-electron chi connectivity index (χ3n) is 3.99. The van der Waals surface area contributed by atoms with Crippen molar-refractivity contribution in [3.8, 4) is 0 Å². The van der Waals surface area contributed by atoms with Crippen LogP contribution in [0.1, 0.15) is 39.3 Å². The van der Waals surface area contributed by atoms with Gasteiger partial charge in [0.05, 0.1) is 18.4 Å². The number of hydrogen-bond donors (Lipinski definition) is 2. The highest BCUT2D eigenvalue weighted by Gasteiger charge is 2.26. The molecule has 0 atom stereocenters. The summed E-state index contributed by atoms with van der Waals surface area (Å²) in [6, 6.07) is 0. The van der Waals surface area contributed by atoms with E-state index >= 15 is 0 Å². The van der Waals surface area contributed by atoms with E-state index in [9.17, 15) is 14.4 Å². The van der Waals surface area contributed by atoms with Crippen LogP contribution < -0.4 is 10.9 Å². The highest BCUT2D eigenvalue weighted by molar-refractivity contribution is 7.99. The predicted molar refractivity (Wildman–Crippen MR) is 99.0 cm³/mol. The number of aromatic nitrogens is 3. The number of methoxy groups -OCH3 is 1. The largest absolute Gasteiger partial charge is 0.465 e. The van der Waals surface area contributed by atoms with Crippen molar-refractivity contribution in [1.82, 2.24) is 15.2 Å². The minimum Gasteiger partial charge on any atom is -0.465 e. The number of carbonyl (C=O) groups excluding carboxylic acids is 2. The van der Waals surface area contributed by atoms with Gasteiger partial charge in [-0.05, 0) is 38.2 Å². The number of anilines is 1. The number of esters is 1. The van der Waals surface area contributed by atoms with E-state index in [1.165, 1.54) is 18.4 Å². The SMILES string of the molecule is COC(=O)c1c(NC(=O)CSc2nnc(C)c(=O)[nH]2)sc2c1CCCC2. The number of aromatic amines is 1. The summed E-state index contributed by atoms with van der Waals surface area (Å²) in [5.74, 6) is -0.681. The molecule has 0 fully saturated rings. The molecule has 26 heavy (non-hydrogen) atoms. The minimum absolute atomic E-state index is 0.0386. The van der Waals surface area contributed by atoms with Gasteiger partial charge in [0.15, 0.2) is 5.16 Å². The fraction of sp³-hybridized carbons (Fsp3) is 0.438. The molecule has 1 aliphatic carbocycles. The first kappa shape index (κ1) is 18.6. The summed E-state index contributed by atoms with van der Waals surface area (Å²) in [6.07, 6.45) is 3.84. The molecule has 0 spiro atoms. The molecule has 2 N–H and O–H groups in total. The van der Waals surface area contributed by atoms with E-state index in [1.807, 2.05) is 0 Å². The van der Waals surface area contributed by atoms with E-state index in [-0.39, 0.29) is 28.1 Å². The van der Waals surface area contributed by atoms with Gasteiger partial charge in [0, 0.05) is 4.88 Å². The van der Waals surface area contributed by atoms with Gasteiger partial charge in [-0.1, -0.05) is 11.8 Å². The van der Waals surface area contributed by atoms with Crippen LogP contribution in [-0.4, -0.2) is 39.9 Å². The number of hydrogen-bond acceptors (Lipinski definition) is 8. The lowest BCUT2D eigenvalue weighted by molar-refractivity contribution is -0.113. The molecule has 2 heterocycles. The number of aryl methyl sites for hydroxylation is 2. The number of nitrogens with zero attached hydrogens (tertiary/aromatic N) is 2. The van der Waals surface area contributed by atoms with E-state index in [4.69, 9.17) is 4.74 Å². The monoisotopic (exact) mass is 394 g/mol. The number of thiophene rings is 1.